The molecule has 202 valence electrons. The molecule has 9 nitrogen and oxygen atoms in total. The van der Waals surface area contributed by atoms with Gasteiger partial charge in [0.25, 0.3) is 11.5 Å². The number of amides is 1. The van der Waals surface area contributed by atoms with Crippen molar-refractivity contribution in [2.75, 3.05) is 0 Å². The summed E-state index contributed by atoms with van der Waals surface area (Å²) in [6.45, 7) is 5.60. The lowest BCUT2D eigenvalue weighted by Crippen LogP contribution is -2.32. The van der Waals surface area contributed by atoms with Crippen LogP contribution in [0.2, 0.25) is 0 Å². The summed E-state index contributed by atoms with van der Waals surface area (Å²) in [5.41, 5.74) is 5.12. The highest BCUT2D eigenvalue weighted by Gasteiger charge is 2.23. The molecule has 0 aliphatic carbocycles. The number of para-hydroxylation sites is 1. The van der Waals surface area contributed by atoms with Gasteiger partial charge >= 0.3 is 0 Å². The molecule has 0 unspecified atom stereocenters. The normalized spacial score (nSPS) is 11.8. The van der Waals surface area contributed by atoms with E-state index in [2.05, 4.69) is 32.5 Å². The van der Waals surface area contributed by atoms with E-state index in [4.69, 9.17) is 0 Å². The summed E-state index contributed by atoms with van der Waals surface area (Å²) < 4.78 is 4.86. The lowest BCUT2D eigenvalue weighted by molar-refractivity contribution is 0.0939. The van der Waals surface area contributed by atoms with Crippen LogP contribution in [0, 0.1) is 25.7 Å². The highest BCUT2D eigenvalue weighted by molar-refractivity contribution is 6.02. The molecule has 2 aromatic carbocycles. The predicted molar refractivity (Wildman–Crippen MR) is 157 cm³/mol. The van der Waals surface area contributed by atoms with Gasteiger partial charge in [-0.3, -0.25) is 18.8 Å². The molecule has 4 aromatic heterocycles. The number of carbonyl (C=O) groups excluding carboxylic acids is 1. The molecule has 0 bridgehead atoms. The van der Waals surface area contributed by atoms with Crippen LogP contribution in [0.1, 0.15) is 51.5 Å². The second kappa shape index (κ2) is 10.2. The fourth-order valence-electron chi connectivity index (χ4n) is 5.03. The van der Waals surface area contributed by atoms with Gasteiger partial charge in [0.1, 0.15) is 5.52 Å². The van der Waals surface area contributed by atoms with Gasteiger partial charge in [-0.25, -0.2) is 0 Å². The van der Waals surface area contributed by atoms with Crippen LogP contribution < -0.4 is 10.9 Å². The topological polar surface area (TPSA) is 99.1 Å². The highest BCUT2D eigenvalue weighted by atomic mass is 16.2. The van der Waals surface area contributed by atoms with Crippen LogP contribution in [-0.2, 0) is 7.05 Å². The van der Waals surface area contributed by atoms with Crippen LogP contribution in [0.3, 0.4) is 0 Å². The molecule has 4 heterocycles. The van der Waals surface area contributed by atoms with E-state index in [1.165, 1.54) is 4.63 Å². The Morgan fingerprint density at radius 2 is 1.73 bits per heavy atom. The first-order valence-corrected chi connectivity index (χ1v) is 13.2. The second-order valence-electron chi connectivity index (χ2n) is 9.89. The smallest absolute Gasteiger partial charge is 0.264 e. The Labute approximate surface area is 236 Å². The van der Waals surface area contributed by atoms with Gasteiger partial charge in [0.05, 0.1) is 40.1 Å². The number of carbonyl (C=O) groups is 1. The van der Waals surface area contributed by atoms with E-state index in [0.717, 1.165) is 16.6 Å². The zero-order chi connectivity index (χ0) is 28.7. The first-order chi connectivity index (χ1) is 19.8. The van der Waals surface area contributed by atoms with Crippen molar-refractivity contribution in [3.05, 3.63) is 123 Å². The van der Waals surface area contributed by atoms with Crippen molar-refractivity contribution in [2.24, 2.45) is 7.05 Å². The van der Waals surface area contributed by atoms with Gasteiger partial charge in [0, 0.05) is 30.2 Å². The Kier molecular flexibility index (Phi) is 6.44. The van der Waals surface area contributed by atoms with Crippen LogP contribution in [0.25, 0.3) is 22.0 Å². The van der Waals surface area contributed by atoms with Gasteiger partial charge in [-0.1, -0.05) is 42.2 Å². The number of hydrogen-bond acceptors (Lipinski definition) is 5. The van der Waals surface area contributed by atoms with Gasteiger partial charge in [0.15, 0.2) is 0 Å². The molecular formula is C32H27N7O2. The standard InChI is InChI=1S/C32H27N7O2/c1-20(35-31(40)29-21(2)36-39-27(29)14-9-17-33-39)28-18-24-11-8-10-23(15-16-25-19-34-37(4)22(25)3)30(24)32(41)38(28)26-12-6-5-7-13-26/h5-14,17-20H,1-4H3,(H,35,40)/t20-/m0/s1. The first-order valence-electron chi connectivity index (χ1n) is 13.2. The second-order valence-corrected chi connectivity index (χ2v) is 9.89. The Morgan fingerprint density at radius 3 is 2.49 bits per heavy atom. The number of hydrogen-bond donors (Lipinski definition) is 1. The van der Waals surface area contributed by atoms with Crippen molar-refractivity contribution in [1.29, 1.82) is 0 Å². The largest absolute Gasteiger partial charge is 0.344 e. The summed E-state index contributed by atoms with van der Waals surface area (Å²) >= 11 is 0. The minimum Gasteiger partial charge on any atom is -0.344 e. The maximum Gasteiger partial charge on any atom is 0.264 e. The van der Waals surface area contributed by atoms with E-state index in [0.29, 0.717) is 39.1 Å². The van der Waals surface area contributed by atoms with Crippen LogP contribution in [0.5, 0.6) is 0 Å². The zero-order valence-electron chi connectivity index (χ0n) is 23.1. The monoisotopic (exact) mass is 541 g/mol. The van der Waals surface area contributed by atoms with Gasteiger partial charge in [-0.15, -0.1) is 0 Å². The number of rotatable bonds is 4. The molecule has 1 N–H and O–H groups in total. The maximum absolute atomic E-state index is 14.2. The molecule has 0 radical (unpaired) electrons. The summed E-state index contributed by atoms with van der Waals surface area (Å²) in [4.78, 5) is 27.8. The molecule has 1 amide bonds. The first kappa shape index (κ1) is 25.8. The molecule has 0 fully saturated rings. The number of benzene rings is 2. The third-order valence-electron chi connectivity index (χ3n) is 7.27. The molecule has 0 aliphatic heterocycles. The summed E-state index contributed by atoms with van der Waals surface area (Å²) in [5.74, 6) is 6.08. The van der Waals surface area contributed by atoms with Gasteiger partial charge in [0.2, 0.25) is 0 Å². The molecule has 1 atom stereocenters. The summed E-state index contributed by atoms with van der Waals surface area (Å²) in [6.07, 6.45) is 3.34. The minimum absolute atomic E-state index is 0.214. The predicted octanol–water partition coefficient (Wildman–Crippen LogP) is 4.27. The number of pyridine rings is 1. The SMILES string of the molecule is Cc1nn2ncccc2c1C(=O)N[C@@H](C)c1cc2cccc(C#Cc3cnn(C)c3C)c2c(=O)n1-c1ccccc1. The van der Waals surface area contributed by atoms with E-state index < -0.39 is 6.04 Å². The number of nitrogens with zero attached hydrogens (tertiary/aromatic N) is 6. The van der Waals surface area contributed by atoms with E-state index in [-0.39, 0.29) is 11.5 Å². The van der Waals surface area contributed by atoms with E-state index >= 15 is 0 Å². The summed E-state index contributed by atoms with van der Waals surface area (Å²) in [7, 11) is 1.87. The summed E-state index contributed by atoms with van der Waals surface area (Å²) in [6, 6.07) is 20.0. The lowest BCUT2D eigenvalue weighted by Gasteiger charge is -2.21. The van der Waals surface area contributed by atoms with Crippen LogP contribution >= 0.6 is 0 Å². The average molecular weight is 542 g/mol. The fraction of sp³-hybridized carbons (Fsp3) is 0.156. The Balaban J connectivity index is 1.48. The molecule has 0 spiro atoms. The molecule has 0 saturated carbocycles. The number of nitrogens with one attached hydrogen (secondary N) is 1. The van der Waals surface area contributed by atoms with Crippen LogP contribution in [0.15, 0.2) is 83.9 Å². The van der Waals surface area contributed by atoms with Gasteiger partial charge in [-0.2, -0.15) is 19.9 Å². The zero-order valence-corrected chi connectivity index (χ0v) is 23.1. The number of fused-ring (bicyclic) bond motifs is 2. The van der Waals surface area contributed by atoms with E-state index in [1.807, 2.05) is 75.5 Å². The molecular weight excluding hydrogens is 514 g/mol. The van der Waals surface area contributed by atoms with E-state index in [1.54, 1.807) is 40.7 Å². The summed E-state index contributed by atoms with van der Waals surface area (Å²) in [5, 5.41) is 17.2. The third kappa shape index (κ3) is 4.55. The Morgan fingerprint density at radius 1 is 0.951 bits per heavy atom. The highest BCUT2D eigenvalue weighted by Crippen LogP contribution is 2.24. The quantitative estimate of drug-likeness (QED) is 0.336. The molecule has 6 rings (SSSR count). The van der Waals surface area contributed by atoms with Crippen molar-refractivity contribution in [2.45, 2.75) is 26.8 Å². The van der Waals surface area contributed by atoms with Crippen molar-refractivity contribution in [1.82, 2.24) is 34.5 Å². The van der Waals surface area contributed by atoms with E-state index in [9.17, 15) is 9.59 Å². The lowest BCUT2D eigenvalue weighted by atomic mass is 10.0. The van der Waals surface area contributed by atoms with Crippen LogP contribution in [0.4, 0.5) is 0 Å². The van der Waals surface area contributed by atoms with Crippen molar-refractivity contribution in [3.63, 3.8) is 0 Å². The third-order valence-corrected chi connectivity index (χ3v) is 7.27. The molecule has 9 heteroatoms. The van der Waals surface area contributed by atoms with Crippen LogP contribution in [-0.4, -0.2) is 35.1 Å². The van der Waals surface area contributed by atoms with Gasteiger partial charge in [-0.05, 0) is 62.6 Å². The number of aromatic nitrogens is 6. The molecule has 0 aliphatic rings. The average Bonchev–Trinajstić information content (AvgIpc) is 3.49. The molecule has 41 heavy (non-hydrogen) atoms. The van der Waals surface area contributed by atoms with Crippen molar-refractivity contribution < 1.29 is 4.79 Å². The fourth-order valence-corrected chi connectivity index (χ4v) is 5.03. The van der Waals surface area contributed by atoms with Crippen molar-refractivity contribution in [3.8, 4) is 17.5 Å². The number of aryl methyl sites for hydroxylation is 2. The maximum atomic E-state index is 14.2. The Hall–Kier alpha value is -5.49. The van der Waals surface area contributed by atoms with Gasteiger partial charge < -0.3 is 5.32 Å². The minimum atomic E-state index is -0.515. The molecule has 0 saturated heterocycles. The Bertz CT molecular complexity index is 2070. The molecule has 6 aromatic rings. The van der Waals surface area contributed by atoms with Crippen molar-refractivity contribution >= 4 is 22.2 Å².